The topological polar surface area (TPSA) is 69.4 Å². The molecule has 1 unspecified atom stereocenters. The largest absolute Gasteiger partial charge is 0.475 e. The van der Waals surface area contributed by atoms with Crippen LogP contribution >= 0.6 is 0 Å². The van der Waals surface area contributed by atoms with E-state index < -0.39 is 11.0 Å². The number of Topliss-reactive ketones (excluding diaryl/α,β-unsaturated/α-hetero) is 1. The molecular weight excluding hydrogens is 270 g/mol. The predicted octanol–water partition coefficient (Wildman–Crippen LogP) is 3.55. The van der Waals surface area contributed by atoms with Crippen LogP contribution in [0.15, 0.2) is 48.5 Å². The van der Waals surface area contributed by atoms with Crippen LogP contribution in [0.1, 0.15) is 22.8 Å². The third-order valence-corrected chi connectivity index (χ3v) is 3.04. The second-order valence-electron chi connectivity index (χ2n) is 4.72. The van der Waals surface area contributed by atoms with Gasteiger partial charge in [-0.15, -0.1) is 0 Å². The highest BCUT2D eigenvalue weighted by molar-refractivity contribution is 5.99. The Morgan fingerprint density at radius 2 is 1.86 bits per heavy atom. The maximum absolute atomic E-state index is 12.2. The van der Waals surface area contributed by atoms with Crippen molar-refractivity contribution in [3.8, 4) is 5.75 Å². The lowest BCUT2D eigenvalue weighted by Crippen LogP contribution is -2.24. The van der Waals surface area contributed by atoms with Crippen molar-refractivity contribution in [1.82, 2.24) is 0 Å². The quantitative estimate of drug-likeness (QED) is 0.478. The molecule has 2 aromatic carbocycles. The summed E-state index contributed by atoms with van der Waals surface area (Å²) in [6.07, 6.45) is -0.798. The van der Waals surface area contributed by atoms with E-state index in [1.807, 2.05) is 6.07 Å². The van der Waals surface area contributed by atoms with E-state index in [9.17, 15) is 14.9 Å². The molecule has 0 aromatic heterocycles. The Bertz CT molecular complexity index is 667. The molecule has 21 heavy (non-hydrogen) atoms. The van der Waals surface area contributed by atoms with E-state index in [1.54, 1.807) is 50.2 Å². The number of nitrogens with zero attached hydrogens (tertiary/aromatic N) is 1. The van der Waals surface area contributed by atoms with Crippen LogP contribution in [0, 0.1) is 17.0 Å². The fourth-order valence-corrected chi connectivity index (χ4v) is 1.95. The van der Waals surface area contributed by atoms with Crippen molar-refractivity contribution in [1.29, 1.82) is 0 Å². The molecule has 0 saturated carbocycles. The number of hydrogen-bond acceptors (Lipinski definition) is 4. The van der Waals surface area contributed by atoms with Crippen molar-refractivity contribution >= 4 is 11.5 Å². The molecule has 0 aliphatic rings. The Balaban J connectivity index is 2.24. The van der Waals surface area contributed by atoms with E-state index in [4.69, 9.17) is 4.74 Å². The van der Waals surface area contributed by atoms with Crippen molar-refractivity contribution in [2.24, 2.45) is 0 Å². The first kappa shape index (κ1) is 14.7. The molecule has 0 radical (unpaired) electrons. The van der Waals surface area contributed by atoms with Gasteiger partial charge in [-0.25, -0.2) is 0 Å². The summed E-state index contributed by atoms with van der Waals surface area (Å²) in [4.78, 5) is 22.7. The highest BCUT2D eigenvalue weighted by Gasteiger charge is 2.22. The molecule has 1 atom stereocenters. The zero-order valence-electron chi connectivity index (χ0n) is 11.8. The van der Waals surface area contributed by atoms with Crippen LogP contribution < -0.4 is 4.74 Å². The first-order chi connectivity index (χ1) is 9.99. The van der Waals surface area contributed by atoms with Crippen LogP contribution in [0.25, 0.3) is 0 Å². The lowest BCUT2D eigenvalue weighted by Gasteiger charge is -2.14. The van der Waals surface area contributed by atoms with Gasteiger partial charge in [-0.3, -0.25) is 14.9 Å². The molecule has 0 bridgehead atoms. The molecule has 0 heterocycles. The molecule has 0 aliphatic carbocycles. The van der Waals surface area contributed by atoms with Gasteiger partial charge in [-0.2, -0.15) is 0 Å². The maximum Gasteiger partial charge on any atom is 0.310 e. The molecule has 108 valence electrons. The second-order valence-corrected chi connectivity index (χ2v) is 4.72. The zero-order chi connectivity index (χ0) is 15.4. The monoisotopic (exact) mass is 285 g/mol. The summed E-state index contributed by atoms with van der Waals surface area (Å²) >= 11 is 0. The number of ether oxygens (including phenoxy) is 1. The van der Waals surface area contributed by atoms with E-state index >= 15 is 0 Å². The summed E-state index contributed by atoms with van der Waals surface area (Å²) in [5, 5.41) is 11.0. The molecule has 0 N–H and O–H groups in total. The van der Waals surface area contributed by atoms with Gasteiger partial charge in [0.2, 0.25) is 5.78 Å². The number of carbonyl (C=O) groups is 1. The van der Waals surface area contributed by atoms with Gasteiger partial charge < -0.3 is 4.74 Å². The van der Waals surface area contributed by atoms with Gasteiger partial charge in [0.15, 0.2) is 11.9 Å². The van der Waals surface area contributed by atoms with Crippen LogP contribution in [0.4, 0.5) is 5.69 Å². The number of benzene rings is 2. The molecule has 2 rings (SSSR count). The van der Waals surface area contributed by atoms with Gasteiger partial charge in [0.25, 0.3) is 0 Å². The van der Waals surface area contributed by atoms with E-state index in [2.05, 4.69) is 0 Å². The van der Waals surface area contributed by atoms with Crippen LogP contribution in [0.2, 0.25) is 0 Å². The first-order valence-electron chi connectivity index (χ1n) is 6.50. The van der Waals surface area contributed by atoms with Crippen molar-refractivity contribution in [2.75, 3.05) is 0 Å². The number of ketones is 1. The number of nitro benzene ring substituents is 1. The predicted molar refractivity (Wildman–Crippen MR) is 78.7 cm³/mol. The fraction of sp³-hybridized carbons (Fsp3) is 0.188. The Labute approximate surface area is 122 Å². The van der Waals surface area contributed by atoms with Crippen molar-refractivity contribution in [3.63, 3.8) is 0 Å². The summed E-state index contributed by atoms with van der Waals surface area (Å²) in [7, 11) is 0. The maximum atomic E-state index is 12.2. The summed E-state index contributed by atoms with van der Waals surface area (Å²) in [6.45, 7) is 3.39. The normalized spacial score (nSPS) is 11.7. The van der Waals surface area contributed by atoms with Crippen LogP contribution in [-0.4, -0.2) is 16.8 Å². The number of carbonyl (C=O) groups excluding carboxylic acids is 1. The van der Waals surface area contributed by atoms with Gasteiger partial charge in [-0.1, -0.05) is 36.4 Å². The minimum absolute atomic E-state index is 0.108. The number of rotatable bonds is 5. The van der Waals surface area contributed by atoms with Crippen LogP contribution in [0.3, 0.4) is 0 Å². The van der Waals surface area contributed by atoms with Crippen LogP contribution in [0.5, 0.6) is 5.75 Å². The molecule has 0 aliphatic heterocycles. The molecule has 2 aromatic rings. The Hall–Kier alpha value is -2.69. The molecule has 0 spiro atoms. The summed E-state index contributed by atoms with van der Waals surface area (Å²) < 4.78 is 5.51. The highest BCUT2D eigenvalue weighted by Crippen LogP contribution is 2.29. The minimum Gasteiger partial charge on any atom is -0.475 e. The number of hydrogen-bond donors (Lipinski definition) is 0. The second kappa shape index (κ2) is 6.17. The Morgan fingerprint density at radius 3 is 2.48 bits per heavy atom. The van der Waals surface area contributed by atoms with Crippen molar-refractivity contribution in [3.05, 3.63) is 69.8 Å². The number of aryl methyl sites for hydroxylation is 1. The van der Waals surface area contributed by atoms with Crippen LogP contribution in [-0.2, 0) is 0 Å². The third-order valence-electron chi connectivity index (χ3n) is 3.04. The highest BCUT2D eigenvalue weighted by atomic mass is 16.6. The Kier molecular flexibility index (Phi) is 4.33. The van der Waals surface area contributed by atoms with Gasteiger partial charge in [0.05, 0.1) is 4.92 Å². The summed E-state index contributed by atoms with van der Waals surface area (Å²) in [5.74, 6) is -0.108. The zero-order valence-corrected chi connectivity index (χ0v) is 11.8. The summed E-state index contributed by atoms with van der Waals surface area (Å²) in [5.41, 5.74) is 1.20. The average molecular weight is 285 g/mol. The average Bonchev–Trinajstić information content (AvgIpc) is 2.47. The Morgan fingerprint density at radius 1 is 1.19 bits per heavy atom. The van der Waals surface area contributed by atoms with Crippen molar-refractivity contribution < 1.29 is 14.5 Å². The SMILES string of the molecule is Cc1ccc([N+](=O)[O-])c(OC(C)C(=O)c2ccccc2)c1. The molecule has 0 saturated heterocycles. The van der Waals surface area contributed by atoms with E-state index in [0.717, 1.165) is 5.56 Å². The standard InChI is InChI=1S/C16H15NO4/c1-11-8-9-14(17(19)20)15(10-11)21-12(2)16(18)13-6-4-3-5-7-13/h3-10,12H,1-2H3. The first-order valence-corrected chi connectivity index (χ1v) is 6.50. The van der Waals surface area contributed by atoms with Gasteiger partial charge >= 0.3 is 5.69 Å². The molecular formula is C16H15NO4. The third kappa shape index (κ3) is 3.45. The number of nitro groups is 1. The molecule has 5 heteroatoms. The van der Waals surface area contributed by atoms with Gasteiger partial charge in [0.1, 0.15) is 0 Å². The minimum atomic E-state index is -0.798. The van der Waals surface area contributed by atoms with Gasteiger partial charge in [-0.05, 0) is 25.5 Å². The molecule has 0 fully saturated rings. The van der Waals surface area contributed by atoms with Gasteiger partial charge in [0, 0.05) is 11.6 Å². The van der Waals surface area contributed by atoms with E-state index in [-0.39, 0.29) is 17.2 Å². The fourth-order valence-electron chi connectivity index (χ4n) is 1.95. The summed E-state index contributed by atoms with van der Waals surface area (Å²) in [6, 6.07) is 13.3. The smallest absolute Gasteiger partial charge is 0.310 e. The molecule has 0 amide bonds. The van der Waals surface area contributed by atoms with E-state index in [1.165, 1.54) is 6.07 Å². The van der Waals surface area contributed by atoms with Crippen molar-refractivity contribution in [2.45, 2.75) is 20.0 Å². The lowest BCUT2D eigenvalue weighted by atomic mass is 10.1. The lowest BCUT2D eigenvalue weighted by molar-refractivity contribution is -0.386. The van der Waals surface area contributed by atoms with E-state index in [0.29, 0.717) is 5.56 Å². The molecule has 5 nitrogen and oxygen atoms in total.